The molecule has 1 aliphatic heterocycles. The minimum atomic E-state index is -3.93. The van der Waals surface area contributed by atoms with E-state index in [1.807, 2.05) is 0 Å². The Balaban J connectivity index is 1.58. The van der Waals surface area contributed by atoms with E-state index in [0.29, 0.717) is 21.5 Å². The molecule has 1 heterocycles. The number of ether oxygens (including phenoxy) is 1. The first kappa shape index (κ1) is 21.5. The van der Waals surface area contributed by atoms with Gasteiger partial charge >= 0.3 is 0 Å². The Bertz CT molecular complexity index is 1200. The molecule has 1 amide bonds. The van der Waals surface area contributed by atoms with Gasteiger partial charge in [0, 0.05) is 16.6 Å². The second-order valence-electron chi connectivity index (χ2n) is 6.91. The van der Waals surface area contributed by atoms with Gasteiger partial charge in [-0.3, -0.25) is 9.10 Å². The summed E-state index contributed by atoms with van der Waals surface area (Å²) >= 11 is 11.8. The van der Waals surface area contributed by atoms with Gasteiger partial charge in [-0.1, -0.05) is 47.5 Å². The standard InChI is InChI=1S/C22H18Cl2N2O4S/c23-16-7-5-15(6-8-16)13-25-22(27)21-14-26(19-3-1-2-4-20(19)30-21)31(28,29)18-11-9-17(24)10-12-18/h1-12,21H,13-14H2,(H,25,27). The average Bonchev–Trinajstić information content (AvgIpc) is 2.78. The van der Waals surface area contributed by atoms with Crippen molar-refractivity contribution in [3.8, 4) is 5.75 Å². The highest BCUT2D eigenvalue weighted by Crippen LogP contribution is 2.37. The lowest BCUT2D eigenvalue weighted by atomic mass is 10.2. The summed E-state index contributed by atoms with van der Waals surface area (Å²) in [4.78, 5) is 12.9. The molecule has 1 unspecified atom stereocenters. The zero-order chi connectivity index (χ0) is 22.0. The van der Waals surface area contributed by atoms with Crippen molar-refractivity contribution in [1.82, 2.24) is 5.32 Å². The van der Waals surface area contributed by atoms with E-state index in [0.717, 1.165) is 5.56 Å². The van der Waals surface area contributed by atoms with Crippen molar-refractivity contribution in [1.29, 1.82) is 0 Å². The second kappa shape index (κ2) is 8.78. The first-order valence-corrected chi connectivity index (χ1v) is 11.6. The van der Waals surface area contributed by atoms with Crippen LogP contribution in [-0.2, 0) is 21.4 Å². The highest BCUT2D eigenvalue weighted by atomic mass is 35.5. The topological polar surface area (TPSA) is 75.7 Å². The molecule has 1 aliphatic rings. The Hall–Kier alpha value is -2.74. The number of hydrogen-bond acceptors (Lipinski definition) is 4. The largest absolute Gasteiger partial charge is 0.476 e. The van der Waals surface area contributed by atoms with Crippen molar-refractivity contribution >= 4 is 44.8 Å². The highest BCUT2D eigenvalue weighted by Gasteiger charge is 2.37. The minimum absolute atomic E-state index is 0.0777. The van der Waals surface area contributed by atoms with Crippen LogP contribution in [0, 0.1) is 0 Å². The molecule has 0 fully saturated rings. The number of fused-ring (bicyclic) bond motifs is 1. The van der Waals surface area contributed by atoms with E-state index in [9.17, 15) is 13.2 Å². The quantitative estimate of drug-likeness (QED) is 0.596. The lowest BCUT2D eigenvalue weighted by Gasteiger charge is -2.34. The maximum atomic E-state index is 13.3. The number of anilines is 1. The molecule has 0 aromatic heterocycles. The normalized spacial score (nSPS) is 15.7. The molecular formula is C22H18Cl2N2O4S. The number of carbonyl (C=O) groups excluding carboxylic acids is 1. The van der Waals surface area contributed by atoms with Crippen molar-refractivity contribution in [3.05, 3.63) is 88.4 Å². The smallest absolute Gasteiger partial charge is 0.264 e. The summed E-state index contributed by atoms with van der Waals surface area (Å²) in [7, 11) is -3.93. The van der Waals surface area contributed by atoms with E-state index in [-0.39, 0.29) is 18.0 Å². The van der Waals surface area contributed by atoms with Crippen molar-refractivity contribution in [2.75, 3.05) is 10.8 Å². The number of nitrogens with one attached hydrogen (secondary N) is 1. The fraction of sp³-hybridized carbons (Fsp3) is 0.136. The third-order valence-electron chi connectivity index (χ3n) is 4.81. The number of hydrogen-bond donors (Lipinski definition) is 1. The van der Waals surface area contributed by atoms with E-state index >= 15 is 0 Å². The van der Waals surface area contributed by atoms with Crippen LogP contribution in [0.1, 0.15) is 5.56 Å². The van der Waals surface area contributed by atoms with E-state index in [4.69, 9.17) is 27.9 Å². The van der Waals surface area contributed by atoms with Crippen molar-refractivity contribution in [3.63, 3.8) is 0 Å². The molecule has 6 nitrogen and oxygen atoms in total. The molecule has 0 spiro atoms. The first-order chi connectivity index (χ1) is 14.8. The summed E-state index contributed by atoms with van der Waals surface area (Å²) < 4.78 is 33.7. The molecule has 0 radical (unpaired) electrons. The van der Waals surface area contributed by atoms with E-state index in [2.05, 4.69) is 5.32 Å². The SMILES string of the molecule is O=C(NCc1ccc(Cl)cc1)C1CN(S(=O)(=O)c2ccc(Cl)cc2)c2ccccc2O1. The van der Waals surface area contributed by atoms with Crippen LogP contribution in [0.5, 0.6) is 5.75 Å². The van der Waals surface area contributed by atoms with Crippen LogP contribution in [-0.4, -0.2) is 27.0 Å². The summed E-state index contributed by atoms with van der Waals surface area (Å²) in [5.41, 5.74) is 1.24. The van der Waals surface area contributed by atoms with Crippen LogP contribution >= 0.6 is 23.2 Å². The predicted octanol–water partition coefficient (Wildman–Crippen LogP) is 4.27. The highest BCUT2D eigenvalue weighted by molar-refractivity contribution is 7.92. The Morgan fingerprint density at radius 2 is 1.58 bits per heavy atom. The molecule has 160 valence electrons. The van der Waals surface area contributed by atoms with Gasteiger partial charge < -0.3 is 10.1 Å². The molecule has 0 aliphatic carbocycles. The third kappa shape index (κ3) is 4.63. The average molecular weight is 477 g/mol. The summed E-state index contributed by atoms with van der Waals surface area (Å²) in [5, 5.41) is 3.83. The van der Waals surface area contributed by atoms with Crippen molar-refractivity contribution < 1.29 is 17.9 Å². The number of rotatable bonds is 5. The van der Waals surface area contributed by atoms with Crippen LogP contribution < -0.4 is 14.4 Å². The zero-order valence-corrected chi connectivity index (χ0v) is 18.5. The van der Waals surface area contributed by atoms with E-state index in [1.54, 1.807) is 48.5 Å². The molecule has 4 rings (SSSR count). The summed E-state index contributed by atoms with van der Waals surface area (Å²) in [6.45, 7) is 0.107. The number of sulfonamides is 1. The Labute approximate surface area is 190 Å². The molecule has 9 heteroatoms. The molecular weight excluding hydrogens is 459 g/mol. The number of nitrogens with zero attached hydrogens (tertiary/aromatic N) is 1. The molecule has 3 aromatic carbocycles. The van der Waals surface area contributed by atoms with Gasteiger partial charge in [-0.15, -0.1) is 0 Å². The van der Waals surface area contributed by atoms with Gasteiger partial charge in [0.1, 0.15) is 5.75 Å². The van der Waals surface area contributed by atoms with Gasteiger partial charge in [0.05, 0.1) is 17.1 Å². The third-order valence-corrected chi connectivity index (χ3v) is 7.11. The fourth-order valence-corrected chi connectivity index (χ4v) is 4.93. The number of halogens is 2. The lowest BCUT2D eigenvalue weighted by Crippen LogP contribution is -2.50. The Morgan fingerprint density at radius 1 is 0.968 bits per heavy atom. The summed E-state index contributed by atoms with van der Waals surface area (Å²) in [6.07, 6.45) is -1.01. The van der Waals surface area contributed by atoms with Crippen molar-refractivity contribution in [2.24, 2.45) is 0 Å². The number of carbonyl (C=O) groups is 1. The Kier molecular flexibility index (Phi) is 6.09. The molecule has 3 aromatic rings. The van der Waals surface area contributed by atoms with E-state index < -0.39 is 22.0 Å². The number of benzene rings is 3. The van der Waals surface area contributed by atoms with Gasteiger partial charge in [-0.25, -0.2) is 8.42 Å². The molecule has 0 saturated heterocycles. The van der Waals surface area contributed by atoms with Gasteiger partial charge in [0.15, 0.2) is 6.10 Å². The second-order valence-corrected chi connectivity index (χ2v) is 9.64. The van der Waals surface area contributed by atoms with Gasteiger partial charge in [-0.2, -0.15) is 0 Å². The van der Waals surface area contributed by atoms with Crippen LogP contribution in [0.2, 0.25) is 10.0 Å². The maximum absolute atomic E-state index is 13.3. The summed E-state index contributed by atoms with van der Waals surface area (Å²) in [6, 6.07) is 19.7. The minimum Gasteiger partial charge on any atom is -0.476 e. The molecule has 1 N–H and O–H groups in total. The van der Waals surface area contributed by atoms with E-state index in [1.165, 1.54) is 28.6 Å². The zero-order valence-electron chi connectivity index (χ0n) is 16.2. The Morgan fingerprint density at radius 3 is 2.26 bits per heavy atom. The van der Waals surface area contributed by atoms with Gasteiger partial charge in [0.2, 0.25) is 0 Å². The van der Waals surface area contributed by atoms with Gasteiger partial charge in [-0.05, 0) is 54.1 Å². The number of para-hydroxylation sites is 2. The molecule has 31 heavy (non-hydrogen) atoms. The molecule has 0 saturated carbocycles. The van der Waals surface area contributed by atoms with Gasteiger partial charge in [0.25, 0.3) is 15.9 Å². The van der Waals surface area contributed by atoms with Crippen LogP contribution in [0.25, 0.3) is 0 Å². The van der Waals surface area contributed by atoms with Crippen molar-refractivity contribution in [2.45, 2.75) is 17.5 Å². The van der Waals surface area contributed by atoms with Crippen LogP contribution in [0.3, 0.4) is 0 Å². The van der Waals surface area contributed by atoms with Crippen LogP contribution in [0.4, 0.5) is 5.69 Å². The molecule has 1 atom stereocenters. The monoisotopic (exact) mass is 476 g/mol. The first-order valence-electron chi connectivity index (χ1n) is 9.41. The van der Waals surface area contributed by atoms with Crippen LogP contribution in [0.15, 0.2) is 77.7 Å². The summed E-state index contributed by atoms with van der Waals surface area (Å²) in [5.74, 6) is -0.0984. The fourth-order valence-electron chi connectivity index (χ4n) is 3.21. The lowest BCUT2D eigenvalue weighted by molar-refractivity contribution is -0.127. The number of amides is 1. The molecule has 0 bridgehead atoms. The maximum Gasteiger partial charge on any atom is 0.264 e. The predicted molar refractivity (Wildman–Crippen MR) is 120 cm³/mol.